The van der Waals surface area contributed by atoms with Gasteiger partial charge in [0.2, 0.25) is 0 Å². The highest BCUT2D eigenvalue weighted by Crippen LogP contribution is 2.44. The summed E-state index contributed by atoms with van der Waals surface area (Å²) in [4.78, 5) is 47.3. The number of ether oxygens (including phenoxy) is 2. The number of halogens is 1. The van der Waals surface area contributed by atoms with E-state index in [-0.39, 0.29) is 37.1 Å². The van der Waals surface area contributed by atoms with E-state index in [9.17, 15) is 18.8 Å². The van der Waals surface area contributed by atoms with Gasteiger partial charge in [0.1, 0.15) is 18.0 Å². The lowest BCUT2D eigenvalue weighted by atomic mass is 9.88. The molecule has 276 valence electrons. The van der Waals surface area contributed by atoms with Crippen LogP contribution in [0.3, 0.4) is 0 Å². The highest BCUT2D eigenvalue weighted by atomic mass is 19.1. The van der Waals surface area contributed by atoms with Gasteiger partial charge in [-0.2, -0.15) is 0 Å². The molecule has 0 unspecified atom stereocenters. The molecule has 6 rings (SSSR count). The number of fused-ring (bicyclic) bond motifs is 4. The van der Waals surface area contributed by atoms with Crippen molar-refractivity contribution in [1.82, 2.24) is 14.5 Å². The lowest BCUT2D eigenvalue weighted by molar-refractivity contribution is -0.162. The maximum atomic E-state index is 14.5. The van der Waals surface area contributed by atoms with Gasteiger partial charge in [0.15, 0.2) is 5.78 Å². The van der Waals surface area contributed by atoms with E-state index < -0.39 is 35.4 Å². The normalized spacial score (nSPS) is 13.7. The number of hydrogen-bond acceptors (Lipinski definition) is 6. The predicted molar refractivity (Wildman–Crippen MR) is 204 cm³/mol. The molecular formula is C44H48FN3O5. The quantitative estimate of drug-likeness (QED) is 0.113. The predicted octanol–water partition coefficient (Wildman–Crippen LogP) is 8.98. The molecule has 9 heteroatoms. The van der Waals surface area contributed by atoms with E-state index in [0.29, 0.717) is 18.5 Å². The molecule has 0 bridgehead atoms. The number of Topliss-reactive ketones (excluding diaryl/α,β-unsaturated/α-hetero) is 1. The summed E-state index contributed by atoms with van der Waals surface area (Å²) in [7, 11) is 1.59. The third-order valence-corrected chi connectivity index (χ3v) is 9.81. The van der Waals surface area contributed by atoms with E-state index in [1.807, 2.05) is 93.9 Å². The zero-order chi connectivity index (χ0) is 37.9. The number of para-hydroxylation sites is 1. The Morgan fingerprint density at radius 2 is 1.57 bits per heavy atom. The van der Waals surface area contributed by atoms with Crippen molar-refractivity contribution in [1.29, 1.82) is 0 Å². The Hall–Kier alpha value is -5.31. The van der Waals surface area contributed by atoms with Crippen LogP contribution >= 0.6 is 0 Å². The molecule has 1 aliphatic carbocycles. The molecule has 1 aliphatic rings. The van der Waals surface area contributed by atoms with E-state index in [0.717, 1.165) is 38.7 Å². The second kappa shape index (κ2) is 15.7. The van der Waals surface area contributed by atoms with Crippen LogP contribution in [0.2, 0.25) is 0 Å². The maximum absolute atomic E-state index is 14.5. The first kappa shape index (κ1) is 37.4. The monoisotopic (exact) mass is 717 g/mol. The Balaban J connectivity index is 1.30. The zero-order valence-electron chi connectivity index (χ0n) is 31.3. The van der Waals surface area contributed by atoms with Crippen LogP contribution in [0.5, 0.6) is 0 Å². The van der Waals surface area contributed by atoms with E-state index in [4.69, 9.17) is 9.47 Å². The van der Waals surface area contributed by atoms with E-state index in [1.165, 1.54) is 17.2 Å². The van der Waals surface area contributed by atoms with Gasteiger partial charge in [-0.25, -0.2) is 9.18 Å². The molecule has 0 saturated heterocycles. The van der Waals surface area contributed by atoms with Gasteiger partial charge in [0.05, 0.1) is 18.2 Å². The topological polar surface area (TPSA) is 90.7 Å². The lowest BCUT2D eigenvalue weighted by Crippen LogP contribution is -2.45. The molecule has 0 aliphatic heterocycles. The maximum Gasteiger partial charge on any atom is 0.410 e. The smallest absolute Gasteiger partial charge is 0.410 e. The Kier molecular flexibility index (Phi) is 11.1. The van der Waals surface area contributed by atoms with E-state index >= 15 is 0 Å². The summed E-state index contributed by atoms with van der Waals surface area (Å²) in [6.45, 7) is 9.90. The summed E-state index contributed by atoms with van der Waals surface area (Å²) in [6.07, 6.45) is 4.66. The minimum Gasteiger partial charge on any atom is -0.460 e. The Morgan fingerprint density at radius 3 is 2.21 bits per heavy atom. The number of pyridine rings is 1. The average molecular weight is 718 g/mol. The summed E-state index contributed by atoms with van der Waals surface area (Å²) < 4.78 is 27.8. The van der Waals surface area contributed by atoms with Crippen molar-refractivity contribution in [3.8, 4) is 11.1 Å². The number of benzene rings is 3. The van der Waals surface area contributed by atoms with Crippen LogP contribution in [0.25, 0.3) is 22.0 Å². The van der Waals surface area contributed by atoms with Gasteiger partial charge >= 0.3 is 12.1 Å². The van der Waals surface area contributed by atoms with Crippen molar-refractivity contribution in [3.05, 3.63) is 126 Å². The Bertz CT molecular complexity index is 2070. The molecule has 53 heavy (non-hydrogen) atoms. The molecule has 3 aromatic carbocycles. The van der Waals surface area contributed by atoms with Crippen molar-refractivity contribution in [3.63, 3.8) is 0 Å². The molecule has 1 amide bonds. The standard InChI is InChI=1S/C44H48FN3O5/c1-28(2)19-30(42(50)53-44(3,4)5)22-41(49)40(21-31-26-48(39-18-12-11-13-33(31)39)25-29-20-32(45)24-46-23-29)47(6)43(51)52-27-38-36-16-9-7-14-34(36)35-15-8-10-17-37(35)38/h7-18,20,23-24,26,28,30,38,40H,19,21-22,25,27H2,1-6H3/t30-,40+/m1/s1. The number of likely N-dealkylation sites (N-methyl/N-ethyl adjacent to an activating group) is 1. The molecule has 2 aromatic heterocycles. The molecule has 0 N–H and O–H groups in total. The summed E-state index contributed by atoms with van der Waals surface area (Å²) in [5.41, 5.74) is 6.12. The van der Waals surface area contributed by atoms with Crippen molar-refractivity contribution >= 4 is 28.7 Å². The molecular weight excluding hydrogens is 669 g/mol. The van der Waals surface area contributed by atoms with Gasteiger partial charge in [-0.3, -0.25) is 14.6 Å². The number of carbonyl (C=O) groups excluding carboxylic acids is 3. The van der Waals surface area contributed by atoms with Crippen molar-refractivity contribution in [2.75, 3.05) is 13.7 Å². The van der Waals surface area contributed by atoms with Gasteiger partial charge < -0.3 is 18.9 Å². The first-order chi connectivity index (χ1) is 25.3. The number of ketones is 1. The number of amides is 1. The van der Waals surface area contributed by atoms with Gasteiger partial charge in [0, 0.05) is 55.6 Å². The third-order valence-electron chi connectivity index (χ3n) is 9.81. The molecule has 0 saturated carbocycles. The average Bonchev–Trinajstić information content (AvgIpc) is 3.62. The second-order valence-electron chi connectivity index (χ2n) is 15.5. The van der Waals surface area contributed by atoms with Crippen molar-refractivity contribution in [2.24, 2.45) is 11.8 Å². The summed E-state index contributed by atoms with van der Waals surface area (Å²) in [6, 6.07) is 24.6. The number of nitrogens with zero attached hydrogens (tertiary/aromatic N) is 3. The third kappa shape index (κ3) is 8.67. The van der Waals surface area contributed by atoms with Crippen LogP contribution in [0.1, 0.15) is 75.6 Å². The molecule has 8 nitrogen and oxygen atoms in total. The highest BCUT2D eigenvalue weighted by molar-refractivity contribution is 5.92. The largest absolute Gasteiger partial charge is 0.460 e. The molecule has 0 radical (unpaired) electrons. The van der Waals surface area contributed by atoms with Gasteiger partial charge in [-0.05, 0) is 78.6 Å². The number of esters is 1. The number of hydrogen-bond donors (Lipinski definition) is 0. The second-order valence-corrected chi connectivity index (χ2v) is 15.5. The van der Waals surface area contributed by atoms with E-state index in [1.54, 1.807) is 13.2 Å². The highest BCUT2D eigenvalue weighted by Gasteiger charge is 2.36. The molecule has 2 heterocycles. The molecule has 2 atom stereocenters. The lowest BCUT2D eigenvalue weighted by Gasteiger charge is -2.29. The first-order valence-corrected chi connectivity index (χ1v) is 18.3. The van der Waals surface area contributed by atoms with Crippen molar-refractivity contribution in [2.45, 2.75) is 78.0 Å². The Morgan fingerprint density at radius 1 is 0.925 bits per heavy atom. The fraction of sp³-hybridized carbons (Fsp3) is 0.364. The van der Waals surface area contributed by atoms with Gasteiger partial charge in [-0.1, -0.05) is 80.6 Å². The van der Waals surface area contributed by atoms with Crippen LogP contribution in [0.15, 0.2) is 97.5 Å². The summed E-state index contributed by atoms with van der Waals surface area (Å²) in [5, 5.41) is 0.904. The zero-order valence-corrected chi connectivity index (χ0v) is 31.3. The number of aromatic nitrogens is 2. The van der Waals surface area contributed by atoms with Gasteiger partial charge in [-0.15, -0.1) is 0 Å². The van der Waals surface area contributed by atoms with Crippen LogP contribution in [-0.4, -0.2) is 57.6 Å². The van der Waals surface area contributed by atoms with Crippen LogP contribution < -0.4 is 0 Å². The molecule has 5 aromatic rings. The summed E-state index contributed by atoms with van der Waals surface area (Å²) >= 11 is 0. The van der Waals surface area contributed by atoms with E-state index in [2.05, 4.69) is 29.2 Å². The number of carbonyl (C=O) groups is 3. The minimum absolute atomic E-state index is 0.0909. The molecule has 0 fully saturated rings. The van der Waals surface area contributed by atoms with Crippen molar-refractivity contribution < 1.29 is 28.2 Å². The van der Waals surface area contributed by atoms with Crippen LogP contribution in [-0.2, 0) is 32.0 Å². The fourth-order valence-electron chi connectivity index (χ4n) is 7.45. The van der Waals surface area contributed by atoms with Crippen LogP contribution in [0.4, 0.5) is 9.18 Å². The van der Waals surface area contributed by atoms with Gasteiger partial charge in [0.25, 0.3) is 0 Å². The SMILES string of the molecule is CC(C)C[C@H](CC(=O)[C@H](Cc1cn(Cc2cncc(F)c2)c2ccccc12)N(C)C(=O)OCC1c2ccccc2-c2ccccc21)C(=O)OC(C)(C)C. The summed E-state index contributed by atoms with van der Waals surface area (Å²) in [5.74, 6) is -1.80. The first-order valence-electron chi connectivity index (χ1n) is 18.3. The fourth-order valence-corrected chi connectivity index (χ4v) is 7.45. The molecule has 0 spiro atoms. The Labute approximate surface area is 310 Å². The number of rotatable bonds is 13. The van der Waals surface area contributed by atoms with Crippen LogP contribution in [0, 0.1) is 17.7 Å². The minimum atomic E-state index is -0.946.